The maximum Gasteiger partial charge on any atom is 0.314 e. The molecule has 0 aromatic heterocycles. The molecule has 2 aromatic carbocycles. The maximum absolute atomic E-state index is 12.4. The fourth-order valence-electron chi connectivity index (χ4n) is 2.58. The number of halogens is 2. The summed E-state index contributed by atoms with van der Waals surface area (Å²) in [6.45, 7) is 3.80. The lowest BCUT2D eigenvalue weighted by molar-refractivity contribution is -0.151. The topological polar surface area (TPSA) is 55.4 Å². The molecule has 0 saturated heterocycles. The molecule has 0 aliphatic carbocycles. The van der Waals surface area contributed by atoms with Crippen molar-refractivity contribution >= 4 is 35.1 Å². The zero-order chi connectivity index (χ0) is 19.1. The van der Waals surface area contributed by atoms with Crippen LogP contribution in [0.4, 0.5) is 0 Å². The summed E-state index contributed by atoms with van der Waals surface area (Å²) < 4.78 is 5.21. The van der Waals surface area contributed by atoms with E-state index in [9.17, 15) is 9.59 Å². The molecule has 0 radical (unpaired) electrons. The van der Waals surface area contributed by atoms with Crippen LogP contribution in [0.5, 0.6) is 0 Å². The molecule has 138 valence electrons. The highest BCUT2D eigenvalue weighted by Gasteiger charge is 2.26. The molecular weight excluding hydrogens is 373 g/mol. The summed E-state index contributed by atoms with van der Waals surface area (Å²) in [5, 5.41) is 3.87. The van der Waals surface area contributed by atoms with Crippen LogP contribution in [0.2, 0.25) is 10.0 Å². The minimum atomic E-state index is -0.455. The van der Waals surface area contributed by atoms with E-state index in [0.717, 1.165) is 11.1 Å². The SMILES string of the molecule is CC(C)[C@@H](C(=O)OCC(=O)NCc1ccccc1Cl)c1ccc(Cl)cc1. The van der Waals surface area contributed by atoms with Gasteiger partial charge in [0.25, 0.3) is 5.91 Å². The molecule has 2 rings (SSSR count). The van der Waals surface area contributed by atoms with Crippen molar-refractivity contribution < 1.29 is 14.3 Å². The van der Waals surface area contributed by atoms with E-state index in [1.54, 1.807) is 30.3 Å². The number of amides is 1. The molecule has 0 spiro atoms. The van der Waals surface area contributed by atoms with Gasteiger partial charge in [-0.3, -0.25) is 9.59 Å². The summed E-state index contributed by atoms with van der Waals surface area (Å²) in [5.74, 6) is -1.24. The van der Waals surface area contributed by atoms with E-state index >= 15 is 0 Å². The number of ether oxygens (including phenoxy) is 1. The van der Waals surface area contributed by atoms with Crippen molar-refractivity contribution in [2.45, 2.75) is 26.3 Å². The van der Waals surface area contributed by atoms with Gasteiger partial charge in [-0.05, 0) is 35.2 Å². The van der Waals surface area contributed by atoms with E-state index in [2.05, 4.69) is 5.32 Å². The van der Waals surface area contributed by atoms with Crippen LogP contribution in [-0.2, 0) is 20.9 Å². The second kappa shape index (κ2) is 9.60. The molecule has 0 aliphatic rings. The number of carbonyl (C=O) groups is 2. The molecular formula is C20H21Cl2NO3. The van der Waals surface area contributed by atoms with Crippen LogP contribution in [0, 0.1) is 5.92 Å². The van der Waals surface area contributed by atoms with Crippen LogP contribution in [0.15, 0.2) is 48.5 Å². The van der Waals surface area contributed by atoms with Gasteiger partial charge in [0.1, 0.15) is 0 Å². The third-order valence-electron chi connectivity index (χ3n) is 3.93. The van der Waals surface area contributed by atoms with E-state index in [0.29, 0.717) is 10.0 Å². The molecule has 0 saturated carbocycles. The van der Waals surface area contributed by atoms with Gasteiger partial charge in [-0.15, -0.1) is 0 Å². The number of carbonyl (C=O) groups excluding carboxylic acids is 2. The number of esters is 1. The standard InChI is InChI=1S/C20H21Cl2NO3/c1-13(2)19(14-7-9-16(21)10-8-14)20(25)26-12-18(24)23-11-15-5-3-4-6-17(15)22/h3-10,13,19H,11-12H2,1-2H3,(H,23,24)/t19-/m1/s1. The number of rotatable bonds is 7. The first-order valence-electron chi connectivity index (χ1n) is 8.30. The second-order valence-electron chi connectivity index (χ2n) is 6.25. The Kier molecular flexibility index (Phi) is 7.49. The average molecular weight is 394 g/mol. The first-order chi connectivity index (χ1) is 12.4. The summed E-state index contributed by atoms with van der Waals surface area (Å²) in [4.78, 5) is 24.4. The molecule has 0 fully saturated rings. The summed E-state index contributed by atoms with van der Waals surface area (Å²) in [7, 11) is 0. The number of benzene rings is 2. The summed E-state index contributed by atoms with van der Waals surface area (Å²) in [5.41, 5.74) is 1.61. The quantitative estimate of drug-likeness (QED) is 0.699. The number of hydrogen-bond donors (Lipinski definition) is 1. The highest BCUT2D eigenvalue weighted by Crippen LogP contribution is 2.27. The largest absolute Gasteiger partial charge is 0.455 e. The Morgan fingerprint density at radius 3 is 2.31 bits per heavy atom. The Hall–Kier alpha value is -2.04. The van der Waals surface area contributed by atoms with E-state index in [4.69, 9.17) is 27.9 Å². The van der Waals surface area contributed by atoms with Crippen LogP contribution >= 0.6 is 23.2 Å². The van der Waals surface area contributed by atoms with Crippen molar-refractivity contribution in [1.82, 2.24) is 5.32 Å². The average Bonchev–Trinajstić information content (AvgIpc) is 2.61. The highest BCUT2D eigenvalue weighted by molar-refractivity contribution is 6.31. The highest BCUT2D eigenvalue weighted by atomic mass is 35.5. The number of nitrogens with one attached hydrogen (secondary N) is 1. The van der Waals surface area contributed by atoms with Gasteiger partial charge >= 0.3 is 5.97 Å². The lowest BCUT2D eigenvalue weighted by Crippen LogP contribution is -2.30. The van der Waals surface area contributed by atoms with Crippen LogP contribution in [-0.4, -0.2) is 18.5 Å². The van der Waals surface area contributed by atoms with Crippen molar-refractivity contribution in [3.63, 3.8) is 0 Å². The van der Waals surface area contributed by atoms with Crippen molar-refractivity contribution in [1.29, 1.82) is 0 Å². The van der Waals surface area contributed by atoms with Crippen molar-refractivity contribution in [3.05, 3.63) is 69.7 Å². The molecule has 0 heterocycles. The van der Waals surface area contributed by atoms with Crippen molar-refractivity contribution in [2.75, 3.05) is 6.61 Å². The third-order valence-corrected chi connectivity index (χ3v) is 4.55. The fraction of sp³-hybridized carbons (Fsp3) is 0.300. The van der Waals surface area contributed by atoms with Gasteiger partial charge in [0.15, 0.2) is 6.61 Å². The molecule has 1 N–H and O–H groups in total. The molecule has 6 heteroatoms. The van der Waals surface area contributed by atoms with Gasteiger partial charge in [-0.1, -0.05) is 67.4 Å². The number of hydrogen-bond acceptors (Lipinski definition) is 3. The van der Waals surface area contributed by atoms with Gasteiger partial charge < -0.3 is 10.1 Å². The van der Waals surface area contributed by atoms with Crippen LogP contribution in [0.3, 0.4) is 0 Å². The van der Waals surface area contributed by atoms with Gasteiger partial charge in [0.2, 0.25) is 0 Å². The smallest absolute Gasteiger partial charge is 0.314 e. The van der Waals surface area contributed by atoms with Crippen LogP contribution in [0.1, 0.15) is 30.9 Å². The lowest BCUT2D eigenvalue weighted by Gasteiger charge is -2.20. The minimum absolute atomic E-state index is 0.0230. The van der Waals surface area contributed by atoms with E-state index in [1.807, 2.05) is 32.0 Å². The Balaban J connectivity index is 1.90. The molecule has 4 nitrogen and oxygen atoms in total. The normalized spacial score (nSPS) is 11.9. The van der Waals surface area contributed by atoms with Crippen LogP contribution in [0.25, 0.3) is 0 Å². The molecule has 0 unspecified atom stereocenters. The molecule has 26 heavy (non-hydrogen) atoms. The Labute approximate surface area is 163 Å². The predicted octanol–water partition coefficient (Wildman–Crippen LogP) is 4.59. The van der Waals surface area contributed by atoms with Crippen LogP contribution < -0.4 is 5.32 Å². The zero-order valence-electron chi connectivity index (χ0n) is 14.7. The fourth-order valence-corrected chi connectivity index (χ4v) is 2.90. The van der Waals surface area contributed by atoms with Crippen molar-refractivity contribution in [2.24, 2.45) is 5.92 Å². The monoisotopic (exact) mass is 393 g/mol. The second-order valence-corrected chi connectivity index (χ2v) is 7.09. The first kappa shape index (κ1) is 20.3. The molecule has 0 bridgehead atoms. The van der Waals surface area contributed by atoms with Gasteiger partial charge in [0.05, 0.1) is 5.92 Å². The van der Waals surface area contributed by atoms with E-state index in [1.165, 1.54) is 0 Å². The summed E-state index contributed by atoms with van der Waals surface area (Å²) in [6, 6.07) is 14.3. The molecule has 0 aliphatic heterocycles. The summed E-state index contributed by atoms with van der Waals surface area (Å²) >= 11 is 11.9. The molecule has 2 aromatic rings. The maximum atomic E-state index is 12.4. The zero-order valence-corrected chi connectivity index (χ0v) is 16.2. The van der Waals surface area contributed by atoms with Gasteiger partial charge in [-0.2, -0.15) is 0 Å². The van der Waals surface area contributed by atoms with Gasteiger partial charge in [-0.25, -0.2) is 0 Å². The minimum Gasteiger partial charge on any atom is -0.455 e. The lowest BCUT2D eigenvalue weighted by atomic mass is 9.88. The van der Waals surface area contributed by atoms with E-state index in [-0.39, 0.29) is 25.0 Å². The van der Waals surface area contributed by atoms with E-state index < -0.39 is 11.9 Å². The van der Waals surface area contributed by atoms with Gasteiger partial charge in [0, 0.05) is 16.6 Å². The molecule has 1 amide bonds. The van der Waals surface area contributed by atoms with Crippen molar-refractivity contribution in [3.8, 4) is 0 Å². The first-order valence-corrected chi connectivity index (χ1v) is 9.06. The third kappa shape index (κ3) is 5.75. The predicted molar refractivity (Wildman–Crippen MR) is 103 cm³/mol. The Morgan fingerprint density at radius 1 is 1.04 bits per heavy atom. The Morgan fingerprint density at radius 2 is 1.69 bits per heavy atom. The molecule has 1 atom stereocenters. The summed E-state index contributed by atoms with van der Waals surface area (Å²) in [6.07, 6.45) is 0. The Bertz CT molecular complexity index is 760.